The Hall–Kier alpha value is -2.77. The maximum absolute atomic E-state index is 13.5. The lowest BCUT2D eigenvalue weighted by Crippen LogP contribution is -2.58. The Labute approximate surface area is 202 Å². The lowest BCUT2D eigenvalue weighted by molar-refractivity contribution is -0.361. The van der Waals surface area contributed by atoms with Crippen molar-refractivity contribution in [2.75, 3.05) is 7.11 Å². The van der Waals surface area contributed by atoms with E-state index in [9.17, 15) is 30.7 Å². The molecule has 0 heterocycles. The summed E-state index contributed by atoms with van der Waals surface area (Å²) in [5, 5.41) is 4.79. The van der Waals surface area contributed by atoms with Gasteiger partial charge in [0.25, 0.3) is 0 Å². The fourth-order valence-electron chi connectivity index (χ4n) is 2.99. The average Bonchev–Trinajstić information content (AvgIpc) is 2.77. The van der Waals surface area contributed by atoms with Crippen molar-refractivity contribution in [2.24, 2.45) is 5.10 Å². The van der Waals surface area contributed by atoms with Crippen molar-refractivity contribution >= 4 is 39.6 Å². The van der Waals surface area contributed by atoms with Crippen LogP contribution in [-0.4, -0.2) is 31.5 Å². The van der Waals surface area contributed by atoms with Gasteiger partial charge in [-0.05, 0) is 51.1 Å². The van der Waals surface area contributed by atoms with Crippen LogP contribution in [-0.2, 0) is 6.61 Å². The van der Waals surface area contributed by atoms with Crippen molar-refractivity contribution in [2.45, 2.75) is 24.8 Å². The summed E-state index contributed by atoms with van der Waals surface area (Å²) in [6.07, 6.45) is -5.82. The normalized spacial score (nSPS) is 12.9. The molecular weight excluding hydrogens is 584 g/mol. The lowest BCUT2D eigenvalue weighted by Gasteiger charge is -2.27. The standard InChI is InChI=1S/C22H16F7IN2O2/c1-33-18-10-16(30)9-15(11-31-32-22(28,29)20(23,24)21(25,26)27)19(18)34-12-14-7-4-6-13-5-2-3-8-17(13)14/h2-11,32H,12H2,1H3/b31-11-. The van der Waals surface area contributed by atoms with Crippen LogP contribution >= 0.6 is 22.6 Å². The van der Waals surface area contributed by atoms with Gasteiger partial charge in [0.2, 0.25) is 0 Å². The number of ether oxygens (including phenoxy) is 2. The molecule has 0 aliphatic rings. The van der Waals surface area contributed by atoms with E-state index >= 15 is 0 Å². The summed E-state index contributed by atoms with van der Waals surface area (Å²) in [6, 6.07) is 10.3. The van der Waals surface area contributed by atoms with Gasteiger partial charge in [-0.1, -0.05) is 42.5 Å². The maximum Gasteiger partial charge on any atom is 0.462 e. The van der Waals surface area contributed by atoms with Crippen LogP contribution in [0.5, 0.6) is 11.5 Å². The average molecular weight is 600 g/mol. The van der Waals surface area contributed by atoms with E-state index in [0.717, 1.165) is 16.3 Å². The minimum absolute atomic E-state index is 0.0163. The summed E-state index contributed by atoms with van der Waals surface area (Å²) < 4.78 is 102. The highest BCUT2D eigenvalue weighted by atomic mass is 127. The molecule has 0 unspecified atom stereocenters. The van der Waals surface area contributed by atoms with Crippen molar-refractivity contribution < 1.29 is 40.2 Å². The first-order valence-corrected chi connectivity index (χ1v) is 10.5. The van der Waals surface area contributed by atoms with Gasteiger partial charge in [0.15, 0.2) is 11.5 Å². The molecular formula is C22H16F7IN2O2. The minimum Gasteiger partial charge on any atom is -0.493 e. The molecule has 3 aromatic rings. The Morgan fingerprint density at radius 3 is 2.32 bits per heavy atom. The predicted octanol–water partition coefficient (Wildman–Crippen LogP) is 6.75. The molecule has 0 bridgehead atoms. The van der Waals surface area contributed by atoms with Crippen LogP contribution in [0.2, 0.25) is 0 Å². The molecule has 182 valence electrons. The number of fused-ring (bicyclic) bond motifs is 1. The number of benzene rings is 3. The molecule has 0 radical (unpaired) electrons. The lowest BCUT2D eigenvalue weighted by atomic mass is 10.1. The molecule has 0 amide bonds. The van der Waals surface area contributed by atoms with Gasteiger partial charge in [0, 0.05) is 9.13 Å². The highest BCUT2D eigenvalue weighted by Gasteiger charge is 2.73. The van der Waals surface area contributed by atoms with Crippen molar-refractivity contribution in [1.29, 1.82) is 0 Å². The number of hydrogen-bond donors (Lipinski definition) is 1. The van der Waals surface area contributed by atoms with Crippen LogP contribution in [0.15, 0.2) is 59.7 Å². The Balaban J connectivity index is 1.89. The Morgan fingerprint density at radius 2 is 1.65 bits per heavy atom. The second-order valence-electron chi connectivity index (χ2n) is 6.97. The monoisotopic (exact) mass is 600 g/mol. The van der Waals surface area contributed by atoms with E-state index in [1.807, 2.05) is 65.1 Å². The Bertz CT molecular complexity index is 1190. The number of methoxy groups -OCH3 is 1. The van der Waals surface area contributed by atoms with E-state index in [0.29, 0.717) is 15.2 Å². The fourth-order valence-corrected chi connectivity index (χ4v) is 3.61. The van der Waals surface area contributed by atoms with E-state index in [1.54, 1.807) is 6.07 Å². The number of rotatable bonds is 8. The molecule has 0 atom stereocenters. The first-order chi connectivity index (χ1) is 15.9. The molecule has 34 heavy (non-hydrogen) atoms. The second-order valence-corrected chi connectivity index (χ2v) is 8.22. The highest BCUT2D eigenvalue weighted by Crippen LogP contribution is 2.45. The van der Waals surface area contributed by atoms with Crippen molar-refractivity contribution in [3.63, 3.8) is 0 Å². The molecule has 0 saturated heterocycles. The summed E-state index contributed by atoms with van der Waals surface area (Å²) in [4.78, 5) is 0. The second kappa shape index (κ2) is 9.84. The largest absolute Gasteiger partial charge is 0.493 e. The Kier molecular flexibility index (Phi) is 7.48. The number of nitrogens with zero attached hydrogens (tertiary/aromatic N) is 1. The topological polar surface area (TPSA) is 42.8 Å². The van der Waals surface area contributed by atoms with Crippen LogP contribution in [0.1, 0.15) is 11.1 Å². The molecule has 0 aromatic heterocycles. The van der Waals surface area contributed by atoms with Gasteiger partial charge in [-0.2, -0.15) is 35.8 Å². The first-order valence-electron chi connectivity index (χ1n) is 9.47. The number of nitrogens with one attached hydrogen (secondary N) is 1. The van der Waals surface area contributed by atoms with Crippen LogP contribution in [0.3, 0.4) is 0 Å². The zero-order chi connectivity index (χ0) is 25.1. The van der Waals surface area contributed by atoms with E-state index in [1.165, 1.54) is 13.2 Å². The van der Waals surface area contributed by atoms with Gasteiger partial charge in [0.05, 0.1) is 13.3 Å². The zero-order valence-corrected chi connectivity index (χ0v) is 19.4. The predicted molar refractivity (Wildman–Crippen MR) is 121 cm³/mol. The van der Waals surface area contributed by atoms with Crippen molar-refractivity contribution in [3.8, 4) is 11.5 Å². The van der Waals surface area contributed by atoms with Gasteiger partial charge in [-0.25, -0.2) is 5.43 Å². The molecule has 0 aliphatic heterocycles. The summed E-state index contributed by atoms with van der Waals surface area (Å²) >= 11 is 1.88. The molecule has 12 heteroatoms. The third kappa shape index (κ3) is 5.31. The summed E-state index contributed by atoms with van der Waals surface area (Å²) in [7, 11) is 1.33. The summed E-state index contributed by atoms with van der Waals surface area (Å²) in [5.41, 5.74) is 1.41. The smallest absolute Gasteiger partial charge is 0.462 e. The number of hydrogen-bond acceptors (Lipinski definition) is 4. The third-order valence-electron chi connectivity index (χ3n) is 4.68. The van der Waals surface area contributed by atoms with Crippen molar-refractivity contribution in [3.05, 3.63) is 69.3 Å². The van der Waals surface area contributed by atoms with E-state index in [-0.39, 0.29) is 23.7 Å². The summed E-state index contributed by atoms with van der Waals surface area (Å²) in [5.74, 6) is -6.12. The molecule has 3 aromatic carbocycles. The Morgan fingerprint density at radius 1 is 0.971 bits per heavy atom. The molecule has 0 spiro atoms. The van der Waals surface area contributed by atoms with Crippen molar-refractivity contribution in [1.82, 2.24) is 5.43 Å². The van der Waals surface area contributed by atoms with E-state index in [2.05, 4.69) is 5.10 Å². The van der Waals surface area contributed by atoms with Crippen LogP contribution in [0.4, 0.5) is 30.7 Å². The van der Waals surface area contributed by atoms with Gasteiger partial charge in [-0.15, -0.1) is 0 Å². The van der Waals surface area contributed by atoms with Crippen LogP contribution < -0.4 is 14.9 Å². The van der Waals surface area contributed by atoms with Gasteiger partial charge < -0.3 is 9.47 Å². The molecule has 3 rings (SSSR count). The number of hydrazone groups is 1. The third-order valence-corrected chi connectivity index (χ3v) is 5.30. The fraction of sp³-hybridized carbons (Fsp3) is 0.227. The number of alkyl halides is 7. The zero-order valence-electron chi connectivity index (χ0n) is 17.3. The minimum atomic E-state index is -6.48. The maximum atomic E-state index is 13.5. The first kappa shape index (κ1) is 25.8. The van der Waals surface area contributed by atoms with Gasteiger partial charge in [-0.3, -0.25) is 0 Å². The van der Waals surface area contributed by atoms with Gasteiger partial charge >= 0.3 is 18.1 Å². The molecule has 0 aliphatic carbocycles. The quantitative estimate of drug-likeness (QED) is 0.102. The van der Waals surface area contributed by atoms with E-state index < -0.39 is 18.1 Å². The molecule has 0 saturated carbocycles. The number of halogens is 8. The summed E-state index contributed by atoms with van der Waals surface area (Å²) in [6.45, 7) is 0.0227. The molecule has 4 nitrogen and oxygen atoms in total. The molecule has 0 fully saturated rings. The SMILES string of the molecule is COc1cc(I)cc(/C=N\NC(F)(F)C(F)(F)C(F)(F)F)c1OCc1cccc2ccccc12. The van der Waals surface area contributed by atoms with Crippen LogP contribution in [0, 0.1) is 3.57 Å². The van der Waals surface area contributed by atoms with E-state index in [4.69, 9.17) is 9.47 Å². The van der Waals surface area contributed by atoms with Crippen LogP contribution in [0.25, 0.3) is 10.8 Å². The van der Waals surface area contributed by atoms with Gasteiger partial charge in [0.1, 0.15) is 6.61 Å². The molecule has 1 N–H and O–H groups in total. The highest BCUT2D eigenvalue weighted by molar-refractivity contribution is 14.1.